The van der Waals surface area contributed by atoms with Gasteiger partial charge in [0.2, 0.25) is 0 Å². The lowest BCUT2D eigenvalue weighted by molar-refractivity contribution is 0.0981. The topological polar surface area (TPSA) is 143 Å². The van der Waals surface area contributed by atoms with Gasteiger partial charge in [-0.15, -0.1) is 0 Å². The van der Waals surface area contributed by atoms with Gasteiger partial charge in [-0.3, -0.25) is 5.10 Å². The number of anilines is 2. The van der Waals surface area contributed by atoms with Crippen LogP contribution in [0, 0.1) is 0 Å². The molecule has 2 atom stereocenters. The lowest BCUT2D eigenvalue weighted by Gasteiger charge is -2.14. The predicted molar refractivity (Wildman–Crippen MR) is 119 cm³/mol. The van der Waals surface area contributed by atoms with Crippen LogP contribution in [0.1, 0.15) is 50.4 Å². The van der Waals surface area contributed by atoms with E-state index in [0.29, 0.717) is 22.8 Å². The Balaban J connectivity index is 1.43. The number of alkyl carbamates (subject to hydrolysis) is 1. The van der Waals surface area contributed by atoms with Crippen molar-refractivity contribution < 1.29 is 17.9 Å². The Bertz CT molecular complexity index is 1220. The highest BCUT2D eigenvalue weighted by atomic mass is 32.2. The standard InChI is InChI=1S/C20H27N7O4S/c1-12(2)22-20(28)31-15-5-4-13(8-15)16-10-18(25-24-16)23-19-17-9-14(11-32(3,29)30)26-27(17)7-6-21-19/h6-7,9-10,12-13,15H,4-5,8,11H2,1-3H3,(H,22,28)(H2,21,23,24,25)/t13-,15+/m0/s1. The molecule has 1 fully saturated rings. The van der Waals surface area contributed by atoms with E-state index in [1.807, 2.05) is 19.9 Å². The fraction of sp³-hybridized carbons (Fsp3) is 0.500. The molecule has 11 nitrogen and oxygen atoms in total. The lowest BCUT2D eigenvalue weighted by Crippen LogP contribution is -2.33. The highest BCUT2D eigenvalue weighted by Crippen LogP contribution is 2.36. The molecule has 3 aromatic rings. The molecule has 0 radical (unpaired) electrons. The number of aromatic amines is 1. The number of ether oxygens (including phenoxy) is 1. The molecule has 0 aromatic carbocycles. The molecule has 3 heterocycles. The van der Waals surface area contributed by atoms with Crippen molar-refractivity contribution in [2.45, 2.75) is 56.9 Å². The Labute approximate surface area is 185 Å². The summed E-state index contributed by atoms with van der Waals surface area (Å²) >= 11 is 0. The zero-order chi connectivity index (χ0) is 22.9. The fourth-order valence-corrected chi connectivity index (χ4v) is 4.57. The molecule has 0 spiro atoms. The Morgan fingerprint density at radius 3 is 2.91 bits per heavy atom. The van der Waals surface area contributed by atoms with E-state index in [0.717, 1.165) is 25.0 Å². The van der Waals surface area contributed by atoms with Gasteiger partial charge in [0.25, 0.3) is 0 Å². The first kappa shape index (κ1) is 22.1. The zero-order valence-electron chi connectivity index (χ0n) is 18.2. The molecule has 3 aromatic heterocycles. The first-order valence-corrected chi connectivity index (χ1v) is 12.5. The predicted octanol–water partition coefficient (Wildman–Crippen LogP) is 2.51. The van der Waals surface area contributed by atoms with Crippen LogP contribution in [-0.4, -0.2) is 57.7 Å². The minimum absolute atomic E-state index is 0.0391. The van der Waals surface area contributed by atoms with Crippen LogP contribution in [0.5, 0.6) is 0 Å². The molecule has 0 unspecified atom stereocenters. The zero-order valence-corrected chi connectivity index (χ0v) is 19.0. The number of fused-ring (bicyclic) bond motifs is 1. The van der Waals surface area contributed by atoms with Crippen molar-refractivity contribution in [2.24, 2.45) is 0 Å². The largest absolute Gasteiger partial charge is 0.446 e. The minimum atomic E-state index is -3.19. The summed E-state index contributed by atoms with van der Waals surface area (Å²) in [6, 6.07) is 3.66. The van der Waals surface area contributed by atoms with Crippen LogP contribution in [0.2, 0.25) is 0 Å². The van der Waals surface area contributed by atoms with Crippen LogP contribution in [-0.2, 0) is 20.3 Å². The number of hydrogen-bond acceptors (Lipinski definition) is 8. The van der Waals surface area contributed by atoms with Crippen molar-refractivity contribution in [3.05, 3.63) is 35.9 Å². The quantitative estimate of drug-likeness (QED) is 0.487. The van der Waals surface area contributed by atoms with Crippen LogP contribution in [0.15, 0.2) is 24.5 Å². The summed E-state index contributed by atoms with van der Waals surface area (Å²) in [7, 11) is -3.19. The first-order valence-electron chi connectivity index (χ1n) is 10.5. The molecule has 0 saturated heterocycles. The second-order valence-electron chi connectivity index (χ2n) is 8.48. The Morgan fingerprint density at radius 1 is 1.34 bits per heavy atom. The van der Waals surface area contributed by atoms with Gasteiger partial charge in [0.05, 0.1) is 11.4 Å². The van der Waals surface area contributed by atoms with Crippen molar-refractivity contribution in [1.82, 2.24) is 30.1 Å². The van der Waals surface area contributed by atoms with Gasteiger partial charge in [0.1, 0.15) is 11.6 Å². The smallest absolute Gasteiger partial charge is 0.407 e. The number of sulfone groups is 1. The molecular formula is C20H27N7O4S. The monoisotopic (exact) mass is 461 g/mol. The Hall–Kier alpha value is -3.15. The molecule has 0 aliphatic heterocycles. The van der Waals surface area contributed by atoms with Gasteiger partial charge < -0.3 is 15.4 Å². The minimum Gasteiger partial charge on any atom is -0.446 e. The molecule has 12 heteroatoms. The highest BCUT2D eigenvalue weighted by Gasteiger charge is 2.30. The molecule has 0 bridgehead atoms. The third-order valence-electron chi connectivity index (χ3n) is 5.20. The molecule has 172 valence electrons. The molecule has 1 aliphatic carbocycles. The summed E-state index contributed by atoms with van der Waals surface area (Å²) in [6.07, 6.45) is 6.36. The van der Waals surface area contributed by atoms with E-state index in [-0.39, 0.29) is 29.9 Å². The maximum atomic E-state index is 11.8. The van der Waals surface area contributed by atoms with Gasteiger partial charge in [0, 0.05) is 42.4 Å². The maximum absolute atomic E-state index is 11.8. The number of carbonyl (C=O) groups excluding carboxylic acids is 1. The van der Waals surface area contributed by atoms with E-state index in [9.17, 15) is 13.2 Å². The van der Waals surface area contributed by atoms with Crippen molar-refractivity contribution >= 4 is 33.1 Å². The van der Waals surface area contributed by atoms with E-state index in [1.165, 1.54) is 6.26 Å². The van der Waals surface area contributed by atoms with Gasteiger partial charge in [-0.25, -0.2) is 22.7 Å². The second kappa shape index (κ2) is 8.77. The van der Waals surface area contributed by atoms with E-state index >= 15 is 0 Å². The Kier molecular flexibility index (Phi) is 6.04. The van der Waals surface area contributed by atoms with Crippen molar-refractivity contribution in [2.75, 3.05) is 11.6 Å². The summed E-state index contributed by atoms with van der Waals surface area (Å²) in [5, 5.41) is 17.6. The number of nitrogens with one attached hydrogen (secondary N) is 3. The molecule has 3 N–H and O–H groups in total. The summed E-state index contributed by atoms with van der Waals surface area (Å²) in [5.41, 5.74) is 2.06. The maximum Gasteiger partial charge on any atom is 0.407 e. The number of H-pyrrole nitrogens is 1. The van der Waals surface area contributed by atoms with Gasteiger partial charge in [0.15, 0.2) is 21.5 Å². The van der Waals surface area contributed by atoms with Gasteiger partial charge in [-0.1, -0.05) is 0 Å². The van der Waals surface area contributed by atoms with Crippen LogP contribution >= 0.6 is 0 Å². The molecule has 4 rings (SSSR count). The third kappa shape index (κ3) is 5.36. The first-order chi connectivity index (χ1) is 15.2. The number of carbonyl (C=O) groups is 1. The average molecular weight is 462 g/mol. The summed E-state index contributed by atoms with van der Waals surface area (Å²) in [5.74, 6) is 1.19. The molecule has 32 heavy (non-hydrogen) atoms. The van der Waals surface area contributed by atoms with Crippen molar-refractivity contribution in [1.29, 1.82) is 0 Å². The molecule has 1 aliphatic rings. The van der Waals surface area contributed by atoms with Crippen LogP contribution < -0.4 is 10.6 Å². The fourth-order valence-electron chi connectivity index (χ4n) is 3.89. The SMILES string of the molecule is CC(C)NC(=O)O[C@@H]1CC[C@H](c2cc(Nc3nccn4nc(CS(C)(=O)=O)cc34)n[nH]2)C1. The van der Waals surface area contributed by atoms with Crippen LogP contribution in [0.3, 0.4) is 0 Å². The number of amides is 1. The van der Waals surface area contributed by atoms with Crippen molar-refractivity contribution in [3.8, 4) is 0 Å². The number of rotatable bonds is 7. The summed E-state index contributed by atoms with van der Waals surface area (Å²) < 4.78 is 30.3. The van der Waals surface area contributed by atoms with E-state index in [4.69, 9.17) is 4.74 Å². The number of hydrogen-bond donors (Lipinski definition) is 3. The second-order valence-corrected chi connectivity index (χ2v) is 10.6. The number of nitrogens with zero attached hydrogens (tertiary/aromatic N) is 4. The van der Waals surface area contributed by atoms with E-state index in [1.54, 1.807) is 23.0 Å². The summed E-state index contributed by atoms with van der Waals surface area (Å²) in [6.45, 7) is 3.79. The van der Waals surface area contributed by atoms with E-state index in [2.05, 4.69) is 30.9 Å². The molecule has 1 saturated carbocycles. The summed E-state index contributed by atoms with van der Waals surface area (Å²) in [4.78, 5) is 16.2. The van der Waals surface area contributed by atoms with Crippen LogP contribution in [0.4, 0.5) is 16.4 Å². The Morgan fingerprint density at radius 2 is 2.16 bits per heavy atom. The highest BCUT2D eigenvalue weighted by molar-refractivity contribution is 7.89. The van der Waals surface area contributed by atoms with E-state index < -0.39 is 9.84 Å². The number of aromatic nitrogens is 5. The van der Waals surface area contributed by atoms with Crippen LogP contribution in [0.25, 0.3) is 5.52 Å². The van der Waals surface area contributed by atoms with Gasteiger partial charge in [-0.2, -0.15) is 10.2 Å². The third-order valence-corrected chi connectivity index (χ3v) is 6.02. The molecular weight excluding hydrogens is 434 g/mol. The normalized spacial score (nSPS) is 18.9. The lowest BCUT2D eigenvalue weighted by atomic mass is 10.0. The molecule has 1 amide bonds. The average Bonchev–Trinajstić information content (AvgIpc) is 3.39. The van der Waals surface area contributed by atoms with Gasteiger partial charge in [-0.05, 0) is 39.2 Å². The van der Waals surface area contributed by atoms with Crippen molar-refractivity contribution in [3.63, 3.8) is 0 Å². The van der Waals surface area contributed by atoms with Gasteiger partial charge >= 0.3 is 6.09 Å².